The molecule has 208 valence electrons. The summed E-state index contributed by atoms with van der Waals surface area (Å²) < 4.78 is 18.7. The van der Waals surface area contributed by atoms with E-state index in [1.807, 2.05) is 23.9 Å². The molecule has 0 saturated carbocycles. The van der Waals surface area contributed by atoms with Gasteiger partial charge in [0.1, 0.15) is 34.6 Å². The van der Waals surface area contributed by atoms with Gasteiger partial charge in [-0.05, 0) is 37.0 Å². The van der Waals surface area contributed by atoms with Crippen molar-refractivity contribution in [1.29, 1.82) is 5.26 Å². The lowest BCUT2D eigenvalue weighted by atomic mass is 9.99. The van der Waals surface area contributed by atoms with E-state index in [2.05, 4.69) is 26.5 Å². The predicted octanol–water partition coefficient (Wildman–Crippen LogP) is 3.57. The number of fused-ring (bicyclic) bond motifs is 4. The maximum Gasteiger partial charge on any atom is 0.260 e. The van der Waals surface area contributed by atoms with Gasteiger partial charge in [-0.1, -0.05) is 6.07 Å². The second kappa shape index (κ2) is 9.94. The summed E-state index contributed by atoms with van der Waals surface area (Å²) in [5.74, 6) is 0.432. The van der Waals surface area contributed by atoms with Crippen LogP contribution in [0.5, 0.6) is 0 Å². The minimum Gasteiger partial charge on any atom is -0.389 e. The molecule has 0 amide bonds. The lowest BCUT2D eigenvalue weighted by Gasteiger charge is -2.35. The highest BCUT2D eigenvalue weighted by Crippen LogP contribution is 2.41. The van der Waals surface area contributed by atoms with Crippen molar-refractivity contribution in [2.24, 2.45) is 7.05 Å². The summed E-state index contributed by atoms with van der Waals surface area (Å²) in [4.78, 5) is 21.1. The molecule has 10 nitrogen and oxygen atoms in total. The quantitative estimate of drug-likeness (QED) is 0.317. The molecule has 4 aromatic heterocycles. The number of nitrogen functional groups attached to an aromatic ring is 1. The summed E-state index contributed by atoms with van der Waals surface area (Å²) >= 11 is 1.05. The predicted molar refractivity (Wildman–Crippen MR) is 157 cm³/mol. The Bertz CT molecular complexity index is 1910. The van der Waals surface area contributed by atoms with Gasteiger partial charge >= 0.3 is 0 Å². The van der Waals surface area contributed by atoms with Crippen LogP contribution in [0.2, 0.25) is 0 Å². The Labute approximate surface area is 238 Å². The normalized spacial score (nSPS) is 18.4. The molecule has 5 aromatic rings. The third-order valence-corrected chi connectivity index (χ3v) is 9.33. The zero-order valence-corrected chi connectivity index (χ0v) is 23.3. The van der Waals surface area contributed by atoms with Crippen LogP contribution in [-0.2, 0) is 20.0 Å². The van der Waals surface area contributed by atoms with Crippen molar-refractivity contribution in [2.45, 2.75) is 44.3 Å². The number of rotatable bonds is 6. The van der Waals surface area contributed by atoms with E-state index in [9.17, 15) is 14.4 Å². The number of pyridine rings is 2. The molecule has 1 aromatic carbocycles. The number of halogens is 1. The molecular formula is C29H28FN9OS. The molecule has 2 unspecified atom stereocenters. The van der Waals surface area contributed by atoms with Crippen LogP contribution in [0.1, 0.15) is 30.7 Å². The first-order chi connectivity index (χ1) is 19.9. The van der Waals surface area contributed by atoms with Crippen LogP contribution in [-0.4, -0.2) is 49.5 Å². The largest absolute Gasteiger partial charge is 0.389 e. The first kappa shape index (κ1) is 25.6. The Morgan fingerprint density at radius 2 is 2.07 bits per heavy atom. The van der Waals surface area contributed by atoms with Gasteiger partial charge in [-0.2, -0.15) is 5.26 Å². The smallest absolute Gasteiger partial charge is 0.260 e. The summed E-state index contributed by atoms with van der Waals surface area (Å²) in [6, 6.07) is 7.79. The SMILES string of the molecule is Cn1cnnc1CCCn1cc(N2CC3CCC(C2)N3)c2ncc(-c3ccc(F)c4sc(N)c(C#N)c34)cc2c1=O. The van der Waals surface area contributed by atoms with E-state index in [-0.39, 0.29) is 16.1 Å². The molecule has 2 atom stereocenters. The summed E-state index contributed by atoms with van der Waals surface area (Å²) in [6.45, 7) is 2.22. The average molecular weight is 570 g/mol. The molecule has 3 N–H and O–H groups in total. The number of benzene rings is 1. The Morgan fingerprint density at radius 1 is 1.27 bits per heavy atom. The van der Waals surface area contributed by atoms with Gasteiger partial charge in [-0.25, -0.2) is 4.39 Å². The molecule has 2 bridgehead atoms. The topological polar surface area (TPSA) is 131 Å². The van der Waals surface area contributed by atoms with Crippen molar-refractivity contribution in [1.82, 2.24) is 29.6 Å². The number of hydrogen-bond acceptors (Lipinski definition) is 9. The highest BCUT2D eigenvalue weighted by Gasteiger charge is 2.33. The highest BCUT2D eigenvalue weighted by molar-refractivity contribution is 7.23. The summed E-state index contributed by atoms with van der Waals surface area (Å²) in [6.07, 6.45) is 9.02. The van der Waals surface area contributed by atoms with Crippen LogP contribution in [0.4, 0.5) is 15.1 Å². The Balaban J connectivity index is 1.36. The van der Waals surface area contributed by atoms with E-state index in [0.29, 0.717) is 57.2 Å². The first-order valence-electron chi connectivity index (χ1n) is 13.7. The second-order valence-electron chi connectivity index (χ2n) is 10.9. The van der Waals surface area contributed by atoms with Crippen LogP contribution < -0.4 is 21.5 Å². The maximum absolute atomic E-state index is 14.7. The van der Waals surface area contributed by atoms with Crippen molar-refractivity contribution in [3.05, 3.63) is 64.5 Å². The number of anilines is 2. The van der Waals surface area contributed by atoms with Gasteiger partial charge in [0.05, 0.1) is 21.3 Å². The van der Waals surface area contributed by atoms with Crippen LogP contribution in [0.25, 0.3) is 32.1 Å². The van der Waals surface area contributed by atoms with Crippen LogP contribution in [0.15, 0.2) is 41.7 Å². The van der Waals surface area contributed by atoms with E-state index in [4.69, 9.17) is 10.7 Å². The fourth-order valence-electron chi connectivity index (χ4n) is 6.27. The molecule has 2 saturated heterocycles. The lowest BCUT2D eigenvalue weighted by Crippen LogP contribution is -2.51. The summed E-state index contributed by atoms with van der Waals surface area (Å²) in [5.41, 5.74) is 9.02. The molecule has 2 aliphatic rings. The third-order valence-electron chi connectivity index (χ3n) is 8.30. The van der Waals surface area contributed by atoms with Crippen molar-refractivity contribution < 1.29 is 4.39 Å². The number of thiophene rings is 1. The van der Waals surface area contributed by atoms with Crippen molar-refractivity contribution >= 4 is 43.0 Å². The van der Waals surface area contributed by atoms with Gasteiger partial charge in [0.2, 0.25) is 0 Å². The molecule has 7 rings (SSSR count). The van der Waals surface area contributed by atoms with E-state index < -0.39 is 5.82 Å². The molecule has 2 aliphatic heterocycles. The van der Waals surface area contributed by atoms with Gasteiger partial charge in [0, 0.05) is 68.5 Å². The Kier molecular flexibility index (Phi) is 6.21. The number of nitrogens with zero attached hydrogens (tertiary/aromatic N) is 7. The fourth-order valence-corrected chi connectivity index (χ4v) is 7.22. The number of aryl methyl sites for hydroxylation is 3. The van der Waals surface area contributed by atoms with E-state index in [1.54, 1.807) is 23.2 Å². The molecule has 0 spiro atoms. The molecule has 2 fully saturated rings. The molecule has 41 heavy (non-hydrogen) atoms. The Hall–Kier alpha value is -4.34. The number of hydrogen-bond donors (Lipinski definition) is 2. The summed E-state index contributed by atoms with van der Waals surface area (Å²) in [7, 11) is 1.91. The molecule has 6 heterocycles. The second-order valence-corrected chi connectivity index (χ2v) is 11.9. The van der Waals surface area contributed by atoms with E-state index in [1.165, 1.54) is 6.07 Å². The number of nitrogens with two attached hydrogens (primary N) is 1. The Morgan fingerprint density at radius 3 is 2.80 bits per heavy atom. The zero-order valence-electron chi connectivity index (χ0n) is 22.5. The monoisotopic (exact) mass is 569 g/mol. The third kappa shape index (κ3) is 4.32. The van der Waals surface area contributed by atoms with Crippen molar-refractivity contribution in [2.75, 3.05) is 23.7 Å². The molecule has 0 radical (unpaired) electrons. The molecular weight excluding hydrogens is 541 g/mol. The van der Waals surface area contributed by atoms with Crippen molar-refractivity contribution in [3.63, 3.8) is 0 Å². The minimum absolute atomic E-state index is 0.141. The van der Waals surface area contributed by atoms with Crippen LogP contribution in [0, 0.1) is 17.1 Å². The summed E-state index contributed by atoms with van der Waals surface area (Å²) in [5, 5.41) is 22.8. The molecule has 0 aliphatic carbocycles. The zero-order chi connectivity index (χ0) is 28.2. The highest BCUT2D eigenvalue weighted by atomic mass is 32.1. The van der Waals surface area contributed by atoms with E-state index >= 15 is 0 Å². The fraction of sp³-hybridized carbons (Fsp3) is 0.345. The van der Waals surface area contributed by atoms with Gasteiger partial charge in [0.15, 0.2) is 0 Å². The average Bonchev–Trinajstić information content (AvgIpc) is 3.65. The molecule has 12 heteroatoms. The van der Waals surface area contributed by atoms with E-state index in [0.717, 1.165) is 55.2 Å². The van der Waals surface area contributed by atoms with Gasteiger partial charge in [-0.15, -0.1) is 21.5 Å². The van der Waals surface area contributed by atoms with Gasteiger partial charge in [0.25, 0.3) is 5.56 Å². The standard InChI is InChI=1S/C29H28FN9OS/c1-37-15-34-36-24(37)3-2-8-38-14-23(39-12-17-4-5-18(13-39)35-17)26-20(29(38)40)9-16(11-33-26)19-6-7-22(30)27-25(19)21(10-31)28(32)41-27/h6-7,9,11,14-15,17-18,35H,2-5,8,12-13,32H2,1H3. The number of aromatic nitrogens is 5. The first-order valence-corrected chi connectivity index (χ1v) is 14.5. The number of nitrogens with one attached hydrogen (secondary N) is 1. The van der Waals surface area contributed by atoms with Crippen LogP contribution >= 0.6 is 11.3 Å². The van der Waals surface area contributed by atoms with Crippen molar-refractivity contribution in [3.8, 4) is 17.2 Å². The lowest BCUT2D eigenvalue weighted by molar-refractivity contribution is 0.465. The van der Waals surface area contributed by atoms with Gasteiger partial charge < -0.3 is 25.1 Å². The minimum atomic E-state index is -0.434. The van der Waals surface area contributed by atoms with Crippen LogP contribution in [0.3, 0.4) is 0 Å². The number of nitriles is 1. The van der Waals surface area contributed by atoms with Gasteiger partial charge in [-0.3, -0.25) is 9.78 Å². The number of piperazine rings is 1. The maximum atomic E-state index is 14.7.